The molecule has 1 saturated heterocycles. The topological polar surface area (TPSA) is 108 Å². The summed E-state index contributed by atoms with van der Waals surface area (Å²) >= 11 is 0. The van der Waals surface area contributed by atoms with Gasteiger partial charge in [0, 0.05) is 19.2 Å². The van der Waals surface area contributed by atoms with Gasteiger partial charge in [0.25, 0.3) is 0 Å². The van der Waals surface area contributed by atoms with Crippen molar-refractivity contribution >= 4 is 22.0 Å². The summed E-state index contributed by atoms with van der Waals surface area (Å²) in [5.41, 5.74) is 0. The van der Waals surface area contributed by atoms with E-state index in [4.69, 9.17) is 14.2 Å². The summed E-state index contributed by atoms with van der Waals surface area (Å²) < 4.78 is 47.7. The highest BCUT2D eigenvalue weighted by molar-refractivity contribution is 7.89. The number of carbonyl (C=O) groups is 2. The summed E-state index contributed by atoms with van der Waals surface area (Å²) in [6, 6.07) is 4.53. The molecule has 0 saturated carbocycles. The lowest BCUT2D eigenvalue weighted by molar-refractivity contribution is -0.168. The Labute approximate surface area is 163 Å². The number of benzene rings is 1. The highest BCUT2D eigenvalue weighted by atomic mass is 32.2. The third-order valence-corrected chi connectivity index (χ3v) is 6.66. The van der Waals surface area contributed by atoms with Crippen LogP contribution in [-0.4, -0.2) is 64.2 Å². The predicted molar refractivity (Wildman–Crippen MR) is 96.5 cm³/mol. The van der Waals surface area contributed by atoms with Crippen molar-refractivity contribution in [3.05, 3.63) is 18.2 Å². The highest BCUT2D eigenvalue weighted by Crippen LogP contribution is 2.34. The lowest BCUT2D eigenvalue weighted by Gasteiger charge is -2.30. The van der Waals surface area contributed by atoms with Crippen LogP contribution in [0.5, 0.6) is 11.5 Å². The molecule has 0 aliphatic carbocycles. The number of methoxy groups -OCH3 is 1. The number of ether oxygens (including phenoxy) is 4. The molecule has 1 aromatic rings. The zero-order valence-corrected chi connectivity index (χ0v) is 16.6. The summed E-state index contributed by atoms with van der Waals surface area (Å²) in [7, 11) is -2.50. The Balaban J connectivity index is 1.62. The second-order valence-corrected chi connectivity index (χ2v) is 8.52. The van der Waals surface area contributed by atoms with Crippen molar-refractivity contribution in [2.75, 3.05) is 33.4 Å². The Morgan fingerprint density at radius 1 is 1.14 bits per heavy atom. The van der Waals surface area contributed by atoms with Crippen LogP contribution in [0.2, 0.25) is 0 Å². The molecule has 0 N–H and O–H groups in total. The average molecular weight is 413 g/mol. The minimum atomic E-state index is -3.71. The molecule has 28 heavy (non-hydrogen) atoms. The van der Waals surface area contributed by atoms with Crippen LogP contribution in [0.1, 0.15) is 19.8 Å². The lowest BCUT2D eigenvalue weighted by Crippen LogP contribution is -2.41. The zero-order chi connectivity index (χ0) is 20.3. The number of esters is 2. The molecule has 2 heterocycles. The van der Waals surface area contributed by atoms with Gasteiger partial charge in [-0.1, -0.05) is 0 Å². The van der Waals surface area contributed by atoms with E-state index in [0.717, 1.165) is 0 Å². The van der Waals surface area contributed by atoms with E-state index in [2.05, 4.69) is 4.74 Å². The molecule has 9 nitrogen and oxygen atoms in total. The van der Waals surface area contributed by atoms with Crippen molar-refractivity contribution in [1.82, 2.24) is 4.31 Å². The van der Waals surface area contributed by atoms with Gasteiger partial charge in [0.05, 0.1) is 17.9 Å². The maximum absolute atomic E-state index is 12.9. The Bertz CT molecular complexity index is 845. The lowest BCUT2D eigenvalue weighted by atomic mass is 9.98. The van der Waals surface area contributed by atoms with Gasteiger partial charge in [0.2, 0.25) is 10.0 Å². The molecule has 0 radical (unpaired) electrons. The first-order valence-electron chi connectivity index (χ1n) is 9.01. The zero-order valence-electron chi connectivity index (χ0n) is 15.8. The molecule has 0 spiro atoms. The van der Waals surface area contributed by atoms with Crippen molar-refractivity contribution in [3.8, 4) is 11.5 Å². The Hall–Kier alpha value is -2.33. The van der Waals surface area contributed by atoms with Crippen LogP contribution in [0.3, 0.4) is 0 Å². The standard InChI is InChI=1S/C18H23NO8S/c1-12(17(20)24-2)27-18(21)13-5-7-19(8-6-13)28(22,23)14-3-4-15-16(11-14)26-10-9-25-15/h3-4,11-13H,5-10H2,1-2H3/t12-/m1/s1. The molecule has 2 aliphatic heterocycles. The van der Waals surface area contributed by atoms with Crippen LogP contribution in [0.4, 0.5) is 0 Å². The maximum Gasteiger partial charge on any atom is 0.346 e. The van der Waals surface area contributed by atoms with E-state index in [0.29, 0.717) is 37.6 Å². The first-order valence-corrected chi connectivity index (χ1v) is 10.4. The molecule has 1 aromatic carbocycles. The van der Waals surface area contributed by atoms with E-state index in [1.54, 1.807) is 6.07 Å². The monoisotopic (exact) mass is 413 g/mol. The number of piperidine rings is 1. The number of carbonyl (C=O) groups excluding carboxylic acids is 2. The van der Waals surface area contributed by atoms with Gasteiger partial charge >= 0.3 is 11.9 Å². The fourth-order valence-corrected chi connectivity index (χ4v) is 4.64. The molecular formula is C18H23NO8S. The van der Waals surface area contributed by atoms with Crippen LogP contribution >= 0.6 is 0 Å². The minimum Gasteiger partial charge on any atom is -0.486 e. The molecule has 154 valence electrons. The average Bonchev–Trinajstić information content (AvgIpc) is 2.72. The number of fused-ring (bicyclic) bond motifs is 1. The van der Waals surface area contributed by atoms with E-state index < -0.39 is 34.0 Å². The fourth-order valence-electron chi connectivity index (χ4n) is 3.15. The van der Waals surface area contributed by atoms with Crippen molar-refractivity contribution < 1.29 is 37.0 Å². The number of hydrogen-bond acceptors (Lipinski definition) is 8. The first kappa shape index (κ1) is 20.4. The predicted octanol–water partition coefficient (Wildman–Crippen LogP) is 0.963. The third kappa shape index (κ3) is 4.22. The minimum absolute atomic E-state index is 0.122. The maximum atomic E-state index is 12.9. The summed E-state index contributed by atoms with van der Waals surface area (Å²) in [6.45, 7) is 2.60. The molecule has 2 aliphatic rings. The largest absolute Gasteiger partial charge is 0.486 e. The van der Waals surface area contributed by atoms with Crippen molar-refractivity contribution in [3.63, 3.8) is 0 Å². The van der Waals surface area contributed by atoms with Crippen LogP contribution in [0.25, 0.3) is 0 Å². The quantitative estimate of drug-likeness (QED) is 0.657. The first-order chi connectivity index (χ1) is 13.3. The normalized spacial score (nSPS) is 18.9. The number of nitrogens with zero attached hydrogens (tertiary/aromatic N) is 1. The van der Waals surface area contributed by atoms with E-state index in [-0.39, 0.29) is 18.0 Å². The Kier molecular flexibility index (Phi) is 6.09. The third-order valence-electron chi connectivity index (χ3n) is 4.76. The molecule has 10 heteroatoms. The van der Waals surface area contributed by atoms with Crippen molar-refractivity contribution in [1.29, 1.82) is 0 Å². The van der Waals surface area contributed by atoms with E-state index in [9.17, 15) is 18.0 Å². The molecule has 0 amide bonds. The molecule has 3 rings (SSSR count). The van der Waals surface area contributed by atoms with Gasteiger partial charge in [-0.15, -0.1) is 0 Å². The van der Waals surface area contributed by atoms with Crippen LogP contribution in [0.15, 0.2) is 23.1 Å². The number of rotatable bonds is 5. The Morgan fingerprint density at radius 3 is 2.43 bits per heavy atom. The second-order valence-electron chi connectivity index (χ2n) is 6.59. The Morgan fingerprint density at radius 2 is 1.79 bits per heavy atom. The SMILES string of the molecule is COC(=O)[C@@H](C)OC(=O)C1CCN(S(=O)(=O)c2ccc3c(c2)OCCO3)CC1. The summed E-state index contributed by atoms with van der Waals surface area (Å²) in [4.78, 5) is 23.7. The van der Waals surface area contributed by atoms with Crippen LogP contribution in [0, 0.1) is 5.92 Å². The smallest absolute Gasteiger partial charge is 0.346 e. The highest BCUT2D eigenvalue weighted by Gasteiger charge is 2.34. The van der Waals surface area contributed by atoms with E-state index in [1.165, 1.54) is 30.5 Å². The van der Waals surface area contributed by atoms with Crippen molar-refractivity contribution in [2.24, 2.45) is 5.92 Å². The molecule has 0 unspecified atom stereocenters. The van der Waals surface area contributed by atoms with Gasteiger partial charge in [-0.05, 0) is 31.9 Å². The fraction of sp³-hybridized carbons (Fsp3) is 0.556. The molecule has 1 fully saturated rings. The number of sulfonamides is 1. The van der Waals surface area contributed by atoms with Gasteiger partial charge in [-0.2, -0.15) is 4.31 Å². The van der Waals surface area contributed by atoms with E-state index >= 15 is 0 Å². The van der Waals surface area contributed by atoms with Gasteiger partial charge in [-0.25, -0.2) is 13.2 Å². The van der Waals surface area contributed by atoms with Gasteiger partial charge in [0.1, 0.15) is 13.2 Å². The van der Waals surface area contributed by atoms with Crippen LogP contribution in [-0.2, 0) is 29.1 Å². The molecular weight excluding hydrogens is 390 g/mol. The van der Waals surface area contributed by atoms with Gasteiger partial charge in [0.15, 0.2) is 17.6 Å². The number of hydrogen-bond donors (Lipinski definition) is 0. The van der Waals surface area contributed by atoms with E-state index in [1.807, 2.05) is 0 Å². The molecule has 1 atom stereocenters. The van der Waals surface area contributed by atoms with Crippen LogP contribution < -0.4 is 9.47 Å². The summed E-state index contributed by atoms with van der Waals surface area (Å²) in [5.74, 6) is -0.686. The second kappa shape index (κ2) is 8.36. The summed E-state index contributed by atoms with van der Waals surface area (Å²) in [6.07, 6.45) is -0.357. The van der Waals surface area contributed by atoms with Crippen molar-refractivity contribution in [2.45, 2.75) is 30.8 Å². The molecule has 0 aromatic heterocycles. The molecule has 0 bridgehead atoms. The van der Waals surface area contributed by atoms with Gasteiger partial charge in [-0.3, -0.25) is 4.79 Å². The van der Waals surface area contributed by atoms with Gasteiger partial charge < -0.3 is 18.9 Å². The summed E-state index contributed by atoms with van der Waals surface area (Å²) in [5, 5.41) is 0.